The molecule has 0 aliphatic carbocycles. The average Bonchev–Trinajstić information content (AvgIpc) is 2.98. The Morgan fingerprint density at radius 3 is 2.68 bits per heavy atom. The number of esters is 1. The van der Waals surface area contributed by atoms with E-state index in [0.29, 0.717) is 24.7 Å². The summed E-state index contributed by atoms with van der Waals surface area (Å²) in [6, 6.07) is 1.48. The zero-order valence-electron chi connectivity index (χ0n) is 17.0. The maximum absolute atomic E-state index is 12.0. The molecule has 2 aromatic heterocycles. The minimum atomic E-state index is -0.359. The van der Waals surface area contributed by atoms with E-state index in [0.717, 1.165) is 22.1 Å². The van der Waals surface area contributed by atoms with E-state index in [1.807, 2.05) is 13.0 Å². The van der Waals surface area contributed by atoms with Crippen LogP contribution in [-0.4, -0.2) is 40.1 Å². The number of nitrogens with zero attached hydrogens (tertiary/aromatic N) is 3. The van der Waals surface area contributed by atoms with Gasteiger partial charge in [0.05, 0.1) is 22.9 Å². The van der Waals surface area contributed by atoms with E-state index >= 15 is 0 Å². The zero-order chi connectivity index (χ0) is 20.7. The fourth-order valence-electron chi connectivity index (χ4n) is 2.34. The van der Waals surface area contributed by atoms with E-state index in [1.54, 1.807) is 13.1 Å². The van der Waals surface area contributed by atoms with Crippen molar-refractivity contribution in [3.63, 3.8) is 0 Å². The van der Waals surface area contributed by atoms with Crippen molar-refractivity contribution in [1.29, 1.82) is 0 Å². The van der Waals surface area contributed by atoms with E-state index in [4.69, 9.17) is 4.74 Å². The van der Waals surface area contributed by atoms with Crippen molar-refractivity contribution in [3.05, 3.63) is 23.8 Å². The third-order valence-electron chi connectivity index (χ3n) is 3.72. The third kappa shape index (κ3) is 6.26. The molecule has 152 valence electrons. The Hall–Kier alpha value is -2.55. The van der Waals surface area contributed by atoms with Crippen LogP contribution in [0.4, 0.5) is 9.93 Å². The molecule has 9 heteroatoms. The van der Waals surface area contributed by atoms with Gasteiger partial charge in [-0.15, -0.1) is 0 Å². The number of aromatic nitrogens is 3. The number of aryl methyl sites for hydroxylation is 1. The van der Waals surface area contributed by atoms with Crippen molar-refractivity contribution < 1.29 is 14.3 Å². The van der Waals surface area contributed by atoms with Gasteiger partial charge in [0, 0.05) is 24.6 Å². The molecular formula is C19H27N5O3S. The molecule has 0 bridgehead atoms. The van der Waals surface area contributed by atoms with Crippen molar-refractivity contribution >= 4 is 28.5 Å². The summed E-state index contributed by atoms with van der Waals surface area (Å²) < 4.78 is 4.85. The van der Waals surface area contributed by atoms with Gasteiger partial charge in [-0.25, -0.2) is 19.7 Å². The number of ether oxygens (including phenoxy) is 1. The van der Waals surface area contributed by atoms with Gasteiger partial charge in [0.1, 0.15) is 5.82 Å². The zero-order valence-corrected chi connectivity index (χ0v) is 17.8. The highest BCUT2D eigenvalue weighted by atomic mass is 32.1. The van der Waals surface area contributed by atoms with Crippen LogP contribution in [0.5, 0.6) is 0 Å². The maximum atomic E-state index is 12.0. The Kier molecular flexibility index (Phi) is 7.45. The SMILES string of the molecule is CCOC(=O)CCCNC(=O)Nc1nc(C)c(-c2ccnc(C(C)(C)C)n2)s1. The summed E-state index contributed by atoms with van der Waals surface area (Å²) in [4.78, 5) is 37.6. The largest absolute Gasteiger partial charge is 0.466 e. The Balaban J connectivity index is 1.95. The lowest BCUT2D eigenvalue weighted by Crippen LogP contribution is -2.29. The Morgan fingerprint density at radius 2 is 2.00 bits per heavy atom. The molecule has 0 aromatic carbocycles. The number of carbonyl (C=O) groups is 2. The molecule has 2 rings (SSSR count). The molecule has 28 heavy (non-hydrogen) atoms. The molecule has 0 atom stereocenters. The van der Waals surface area contributed by atoms with Crippen molar-refractivity contribution in [1.82, 2.24) is 20.3 Å². The molecule has 0 radical (unpaired) electrons. The molecule has 0 fully saturated rings. The van der Waals surface area contributed by atoms with Crippen LogP contribution in [0.1, 0.15) is 52.1 Å². The predicted molar refractivity (Wildman–Crippen MR) is 109 cm³/mol. The summed E-state index contributed by atoms with van der Waals surface area (Å²) in [7, 11) is 0. The van der Waals surface area contributed by atoms with Gasteiger partial charge >= 0.3 is 12.0 Å². The van der Waals surface area contributed by atoms with Gasteiger partial charge in [0.15, 0.2) is 5.13 Å². The van der Waals surface area contributed by atoms with E-state index in [-0.39, 0.29) is 23.8 Å². The molecule has 0 unspecified atom stereocenters. The number of hydrogen-bond donors (Lipinski definition) is 2. The highest BCUT2D eigenvalue weighted by Gasteiger charge is 2.19. The summed E-state index contributed by atoms with van der Waals surface area (Å²) >= 11 is 1.36. The molecule has 0 aliphatic heterocycles. The lowest BCUT2D eigenvalue weighted by molar-refractivity contribution is -0.143. The summed E-state index contributed by atoms with van der Waals surface area (Å²) in [5.74, 6) is 0.496. The number of anilines is 1. The molecule has 0 saturated carbocycles. The number of rotatable bonds is 7. The van der Waals surface area contributed by atoms with Crippen LogP contribution in [0.15, 0.2) is 12.3 Å². The molecule has 2 heterocycles. The van der Waals surface area contributed by atoms with Gasteiger partial charge in [0.25, 0.3) is 0 Å². The molecule has 8 nitrogen and oxygen atoms in total. The fraction of sp³-hybridized carbons (Fsp3) is 0.526. The van der Waals surface area contributed by atoms with E-state index in [2.05, 4.69) is 46.4 Å². The van der Waals surface area contributed by atoms with Gasteiger partial charge < -0.3 is 10.1 Å². The summed E-state index contributed by atoms with van der Waals surface area (Å²) in [6.45, 7) is 10.6. The highest BCUT2D eigenvalue weighted by Crippen LogP contribution is 2.32. The fourth-order valence-corrected chi connectivity index (χ4v) is 3.27. The second-order valence-corrected chi connectivity index (χ2v) is 8.24. The Bertz CT molecular complexity index is 829. The van der Waals surface area contributed by atoms with Crippen molar-refractivity contribution in [2.24, 2.45) is 0 Å². The topological polar surface area (TPSA) is 106 Å². The second kappa shape index (κ2) is 9.59. The molecule has 0 spiro atoms. The van der Waals surface area contributed by atoms with Crippen LogP contribution in [0, 0.1) is 6.92 Å². The number of hydrogen-bond acceptors (Lipinski definition) is 7. The van der Waals surface area contributed by atoms with Gasteiger partial charge in [-0.05, 0) is 26.3 Å². The van der Waals surface area contributed by atoms with Crippen LogP contribution >= 0.6 is 11.3 Å². The molecule has 0 saturated heterocycles. The summed E-state index contributed by atoms with van der Waals surface area (Å²) in [6.07, 6.45) is 2.54. The first-order chi connectivity index (χ1) is 13.2. The first-order valence-corrected chi connectivity index (χ1v) is 10.0. The van der Waals surface area contributed by atoms with E-state index in [9.17, 15) is 9.59 Å². The van der Waals surface area contributed by atoms with Crippen LogP contribution in [0.25, 0.3) is 10.6 Å². The number of nitrogens with one attached hydrogen (secondary N) is 2. The standard InChI is InChI=1S/C19H27N5O3S/c1-6-27-14(25)8-7-10-21-17(26)24-18-22-12(2)15(28-18)13-9-11-20-16(23-13)19(3,4)5/h9,11H,6-8,10H2,1-5H3,(H2,21,22,24,26). The monoisotopic (exact) mass is 405 g/mol. The number of carbonyl (C=O) groups excluding carboxylic acids is 2. The average molecular weight is 406 g/mol. The first-order valence-electron chi connectivity index (χ1n) is 9.22. The normalized spacial score (nSPS) is 11.2. The number of amides is 2. The predicted octanol–water partition coefficient (Wildman–Crippen LogP) is 3.67. The van der Waals surface area contributed by atoms with Gasteiger partial charge in [-0.1, -0.05) is 32.1 Å². The van der Waals surface area contributed by atoms with Crippen LogP contribution < -0.4 is 10.6 Å². The van der Waals surface area contributed by atoms with E-state index in [1.165, 1.54) is 11.3 Å². The molecule has 2 amide bonds. The molecule has 0 aliphatic rings. The first kappa shape index (κ1) is 21.7. The lowest BCUT2D eigenvalue weighted by Gasteiger charge is -2.16. The smallest absolute Gasteiger partial charge is 0.321 e. The summed E-state index contributed by atoms with van der Waals surface area (Å²) in [5, 5.41) is 5.93. The van der Waals surface area contributed by atoms with Crippen molar-refractivity contribution in [3.8, 4) is 10.6 Å². The van der Waals surface area contributed by atoms with Crippen molar-refractivity contribution in [2.45, 2.75) is 52.9 Å². The van der Waals surface area contributed by atoms with Gasteiger partial charge in [-0.2, -0.15) is 0 Å². The van der Waals surface area contributed by atoms with Crippen LogP contribution in [-0.2, 0) is 14.9 Å². The summed E-state index contributed by atoms with van der Waals surface area (Å²) in [5.41, 5.74) is 1.43. The van der Waals surface area contributed by atoms with E-state index < -0.39 is 0 Å². The number of urea groups is 1. The highest BCUT2D eigenvalue weighted by molar-refractivity contribution is 7.19. The lowest BCUT2D eigenvalue weighted by atomic mass is 9.95. The molecule has 2 aromatic rings. The number of thiazole rings is 1. The van der Waals surface area contributed by atoms with Gasteiger partial charge in [-0.3, -0.25) is 10.1 Å². The van der Waals surface area contributed by atoms with Gasteiger partial charge in [0.2, 0.25) is 0 Å². The Morgan fingerprint density at radius 1 is 1.25 bits per heavy atom. The van der Waals surface area contributed by atoms with Crippen LogP contribution in [0.3, 0.4) is 0 Å². The minimum Gasteiger partial charge on any atom is -0.466 e. The second-order valence-electron chi connectivity index (χ2n) is 7.24. The van der Waals surface area contributed by atoms with Crippen LogP contribution in [0.2, 0.25) is 0 Å². The minimum absolute atomic E-state index is 0.154. The third-order valence-corrected chi connectivity index (χ3v) is 4.82. The quantitative estimate of drug-likeness (QED) is 0.538. The molecular weight excluding hydrogens is 378 g/mol. The Labute approximate surface area is 169 Å². The van der Waals surface area contributed by atoms with Crippen molar-refractivity contribution in [2.75, 3.05) is 18.5 Å². The maximum Gasteiger partial charge on any atom is 0.321 e. The molecule has 2 N–H and O–H groups in total.